The van der Waals surface area contributed by atoms with Gasteiger partial charge in [-0.3, -0.25) is 14.9 Å². The number of non-ortho nitro benzene ring substituents is 1. The van der Waals surface area contributed by atoms with Crippen molar-refractivity contribution in [2.24, 2.45) is 0 Å². The molecule has 0 spiro atoms. The Kier molecular flexibility index (Phi) is 5.00. The zero-order chi connectivity index (χ0) is 20.5. The summed E-state index contributed by atoms with van der Waals surface area (Å²) in [5.74, 6) is -0.436. The van der Waals surface area contributed by atoms with Gasteiger partial charge in [-0.2, -0.15) is 0 Å². The molecule has 1 aromatic heterocycles. The highest BCUT2D eigenvalue weighted by atomic mass is 35.5. The zero-order valence-corrected chi connectivity index (χ0v) is 16.8. The average Bonchev–Trinajstić information content (AvgIpc) is 3.13. The van der Waals surface area contributed by atoms with Crippen LogP contribution >= 0.6 is 22.9 Å². The second-order valence-electron chi connectivity index (χ2n) is 6.39. The summed E-state index contributed by atoms with van der Waals surface area (Å²) < 4.78 is 1.09. The molecule has 4 rings (SSSR count). The number of anilines is 1. The third-order valence-corrected chi connectivity index (χ3v) is 5.83. The van der Waals surface area contributed by atoms with Crippen LogP contribution in [0, 0.1) is 17.0 Å². The number of benzene rings is 3. The highest BCUT2D eigenvalue weighted by molar-refractivity contribution is 7.21. The van der Waals surface area contributed by atoms with Gasteiger partial charge in [-0.15, -0.1) is 11.3 Å². The first-order chi connectivity index (χ1) is 13.9. The lowest BCUT2D eigenvalue weighted by atomic mass is 10.1. The molecule has 0 unspecified atom stereocenters. The van der Waals surface area contributed by atoms with Crippen LogP contribution in [0.4, 0.5) is 11.4 Å². The highest BCUT2D eigenvalue weighted by Crippen LogP contribution is 2.32. The molecule has 0 atom stereocenters. The van der Waals surface area contributed by atoms with Crippen molar-refractivity contribution in [2.45, 2.75) is 6.92 Å². The van der Waals surface area contributed by atoms with Gasteiger partial charge in [0, 0.05) is 23.4 Å². The number of fused-ring (bicyclic) bond motifs is 1. The van der Waals surface area contributed by atoms with Gasteiger partial charge in [-0.25, -0.2) is 4.98 Å². The molecular weight excluding hydrogens is 410 g/mol. The molecule has 6 nitrogen and oxygen atoms in total. The number of para-hydroxylation sites is 1. The molecule has 4 aromatic rings. The van der Waals surface area contributed by atoms with Crippen molar-refractivity contribution in [3.8, 4) is 10.6 Å². The maximum atomic E-state index is 12.7. The van der Waals surface area contributed by atoms with Gasteiger partial charge >= 0.3 is 0 Å². The molecule has 144 valence electrons. The summed E-state index contributed by atoms with van der Waals surface area (Å²) in [6.07, 6.45) is 0. The van der Waals surface area contributed by atoms with Crippen molar-refractivity contribution < 1.29 is 9.72 Å². The number of nitrogens with one attached hydrogen (secondary N) is 1. The largest absolute Gasteiger partial charge is 0.322 e. The lowest BCUT2D eigenvalue weighted by molar-refractivity contribution is -0.384. The normalized spacial score (nSPS) is 10.8. The Balaban J connectivity index is 1.64. The molecule has 0 saturated heterocycles. The SMILES string of the molecule is Cc1ccc(-c2nc3ccccc3s2)cc1NC(=O)c1ccc([N+](=O)[O-])cc1Cl. The van der Waals surface area contributed by atoms with Crippen LogP contribution in [0.15, 0.2) is 60.7 Å². The van der Waals surface area contributed by atoms with E-state index in [2.05, 4.69) is 10.3 Å². The van der Waals surface area contributed by atoms with Gasteiger partial charge in [-0.05, 0) is 36.8 Å². The summed E-state index contributed by atoms with van der Waals surface area (Å²) in [6.45, 7) is 1.88. The summed E-state index contributed by atoms with van der Waals surface area (Å²) >= 11 is 7.65. The predicted molar refractivity (Wildman–Crippen MR) is 116 cm³/mol. The molecule has 0 fully saturated rings. The van der Waals surface area contributed by atoms with Crippen LogP contribution in [0.5, 0.6) is 0 Å². The number of carbonyl (C=O) groups is 1. The minimum atomic E-state index is -0.556. The molecule has 0 aliphatic rings. The number of nitro benzene ring substituents is 1. The monoisotopic (exact) mass is 423 g/mol. The van der Waals surface area contributed by atoms with E-state index in [1.54, 1.807) is 11.3 Å². The summed E-state index contributed by atoms with van der Waals surface area (Å²) in [5.41, 5.74) is 3.32. The molecule has 0 bridgehead atoms. The maximum Gasteiger partial charge on any atom is 0.270 e. The molecule has 1 N–H and O–H groups in total. The van der Waals surface area contributed by atoms with E-state index in [4.69, 9.17) is 11.6 Å². The quantitative estimate of drug-likeness (QED) is 0.318. The van der Waals surface area contributed by atoms with Crippen molar-refractivity contribution in [3.05, 3.63) is 86.9 Å². The Labute approximate surface area is 174 Å². The number of hydrogen-bond acceptors (Lipinski definition) is 5. The Hall–Kier alpha value is -3.29. The van der Waals surface area contributed by atoms with E-state index < -0.39 is 10.8 Å². The van der Waals surface area contributed by atoms with E-state index in [0.29, 0.717) is 5.69 Å². The molecule has 0 aliphatic heterocycles. The van der Waals surface area contributed by atoms with E-state index in [9.17, 15) is 14.9 Å². The lowest BCUT2D eigenvalue weighted by Crippen LogP contribution is -2.13. The van der Waals surface area contributed by atoms with Crippen molar-refractivity contribution >= 4 is 50.4 Å². The van der Waals surface area contributed by atoms with Gasteiger partial charge in [-0.1, -0.05) is 35.9 Å². The number of hydrogen-bond donors (Lipinski definition) is 1. The van der Waals surface area contributed by atoms with Gasteiger partial charge in [0.25, 0.3) is 11.6 Å². The van der Waals surface area contributed by atoms with Gasteiger partial charge < -0.3 is 5.32 Å². The second kappa shape index (κ2) is 7.62. The molecule has 1 amide bonds. The van der Waals surface area contributed by atoms with E-state index in [1.165, 1.54) is 18.2 Å². The number of nitro groups is 1. The van der Waals surface area contributed by atoms with Crippen LogP contribution in [-0.4, -0.2) is 15.8 Å². The van der Waals surface area contributed by atoms with Gasteiger partial charge in [0.05, 0.1) is 25.7 Å². The lowest BCUT2D eigenvalue weighted by Gasteiger charge is -2.11. The van der Waals surface area contributed by atoms with Crippen LogP contribution in [0.25, 0.3) is 20.8 Å². The highest BCUT2D eigenvalue weighted by Gasteiger charge is 2.16. The molecule has 0 radical (unpaired) electrons. The molecule has 0 saturated carbocycles. The summed E-state index contributed by atoms with van der Waals surface area (Å²) in [7, 11) is 0. The molecule has 3 aromatic carbocycles. The first kappa shape index (κ1) is 19.0. The van der Waals surface area contributed by atoms with Crippen LogP contribution < -0.4 is 5.32 Å². The fraction of sp³-hybridized carbons (Fsp3) is 0.0476. The summed E-state index contributed by atoms with van der Waals surface area (Å²) in [4.78, 5) is 27.6. The van der Waals surface area contributed by atoms with Gasteiger partial charge in [0.2, 0.25) is 0 Å². The van der Waals surface area contributed by atoms with Crippen molar-refractivity contribution in [1.29, 1.82) is 0 Å². The van der Waals surface area contributed by atoms with Crippen LogP contribution in [-0.2, 0) is 0 Å². The molecule has 29 heavy (non-hydrogen) atoms. The third-order valence-electron chi connectivity index (χ3n) is 4.43. The van der Waals surface area contributed by atoms with Crippen LogP contribution in [0.2, 0.25) is 5.02 Å². The maximum absolute atomic E-state index is 12.7. The first-order valence-electron chi connectivity index (χ1n) is 8.64. The molecule has 8 heteroatoms. The molecule has 0 aliphatic carbocycles. The van der Waals surface area contributed by atoms with Crippen molar-refractivity contribution in [1.82, 2.24) is 4.98 Å². The number of thiazole rings is 1. The van der Waals surface area contributed by atoms with E-state index in [-0.39, 0.29) is 16.3 Å². The Bertz CT molecular complexity index is 1240. The van der Waals surface area contributed by atoms with E-state index in [1.807, 2.05) is 49.4 Å². The van der Waals surface area contributed by atoms with Crippen LogP contribution in [0.1, 0.15) is 15.9 Å². The second-order valence-corrected chi connectivity index (χ2v) is 7.83. The number of nitrogens with zero attached hydrogens (tertiary/aromatic N) is 2. The predicted octanol–water partition coefficient (Wildman–Crippen LogP) is 6.09. The minimum Gasteiger partial charge on any atom is -0.322 e. The zero-order valence-electron chi connectivity index (χ0n) is 15.2. The van der Waals surface area contributed by atoms with E-state index in [0.717, 1.165) is 26.4 Å². The van der Waals surface area contributed by atoms with Gasteiger partial charge in [0.1, 0.15) is 5.01 Å². The fourth-order valence-corrected chi connectivity index (χ4v) is 4.10. The van der Waals surface area contributed by atoms with Crippen molar-refractivity contribution in [2.75, 3.05) is 5.32 Å². The third kappa shape index (κ3) is 3.83. The first-order valence-corrected chi connectivity index (χ1v) is 9.84. The summed E-state index contributed by atoms with van der Waals surface area (Å²) in [6, 6.07) is 17.4. The topological polar surface area (TPSA) is 85.1 Å². The fourth-order valence-electron chi connectivity index (χ4n) is 2.88. The Morgan fingerprint density at radius 3 is 2.66 bits per heavy atom. The van der Waals surface area contributed by atoms with Gasteiger partial charge in [0.15, 0.2) is 0 Å². The van der Waals surface area contributed by atoms with E-state index >= 15 is 0 Å². The Morgan fingerprint density at radius 1 is 1.14 bits per heavy atom. The number of halogens is 1. The Morgan fingerprint density at radius 2 is 1.93 bits per heavy atom. The van der Waals surface area contributed by atoms with Crippen LogP contribution in [0.3, 0.4) is 0 Å². The number of rotatable bonds is 4. The smallest absolute Gasteiger partial charge is 0.270 e. The number of aryl methyl sites for hydroxylation is 1. The molecular formula is C21H14ClN3O3S. The number of amides is 1. The minimum absolute atomic E-state index is 0.0247. The summed E-state index contributed by atoms with van der Waals surface area (Å²) in [5, 5.41) is 14.6. The molecule has 1 heterocycles. The average molecular weight is 424 g/mol. The van der Waals surface area contributed by atoms with Crippen molar-refractivity contribution in [3.63, 3.8) is 0 Å². The number of carbonyl (C=O) groups excluding carboxylic acids is 1. The standard InChI is InChI=1S/C21H14ClN3O3S/c1-12-6-7-13(21-24-17-4-2-3-5-19(17)29-21)10-18(12)23-20(26)15-9-8-14(25(27)28)11-16(15)22/h2-11H,1H3,(H,23,26). The number of aromatic nitrogens is 1.